The average molecular weight is 424 g/mol. The molecule has 146 valence electrons. The van der Waals surface area contributed by atoms with Crippen LogP contribution in [0.1, 0.15) is 10.4 Å². The van der Waals surface area contributed by atoms with Crippen molar-refractivity contribution >= 4 is 33.8 Å². The largest absolute Gasteiger partial charge is 0.588 e. The molecule has 1 saturated heterocycles. The maximum absolute atomic E-state index is 12.7. The van der Waals surface area contributed by atoms with Crippen molar-refractivity contribution in [3.05, 3.63) is 47.2 Å². The van der Waals surface area contributed by atoms with Gasteiger partial charge in [-0.2, -0.15) is 4.31 Å². The van der Waals surface area contributed by atoms with Crippen molar-refractivity contribution in [2.75, 3.05) is 26.4 Å². The number of carbonyl (C=O) groups excluding carboxylic acids is 2. The van der Waals surface area contributed by atoms with Crippen LogP contribution in [-0.2, 0) is 19.4 Å². The van der Waals surface area contributed by atoms with Gasteiger partial charge in [-0.05, 0) is 30.3 Å². The van der Waals surface area contributed by atoms with Crippen LogP contribution in [0, 0.1) is 0 Å². The van der Waals surface area contributed by atoms with E-state index >= 15 is 0 Å². The number of fused-ring (bicyclic) bond motifs is 1. The molecule has 2 aromatic rings. The standard InChI is InChI=1S/C17H14ClN3O6S/c18-15-4-2-12(8-19-15)28(24,25)21-6-5-20(9-16(21)22)17(23)11-1-3-13-14(7-11)27-10-26-13/h1-4,7-8H,5-6,9-10H2. The monoisotopic (exact) mass is 423 g/mol. The molecule has 2 amide bonds. The quantitative estimate of drug-likeness (QED) is 0.541. The van der Waals surface area contributed by atoms with Crippen LogP contribution in [0.4, 0.5) is 0 Å². The third-order valence-corrected chi connectivity index (χ3v) is 6.40. The molecule has 0 saturated carbocycles. The van der Waals surface area contributed by atoms with Crippen LogP contribution in [0.15, 0.2) is 41.4 Å². The second-order valence-corrected chi connectivity index (χ2v) is 8.33. The van der Waals surface area contributed by atoms with Crippen LogP contribution >= 0.6 is 11.6 Å². The van der Waals surface area contributed by atoms with Gasteiger partial charge in [-0.15, -0.1) is 0 Å². The van der Waals surface area contributed by atoms with Crippen LogP contribution in [0.25, 0.3) is 0 Å². The SMILES string of the molecule is O=C(c1ccc2c(c1)OCO2)N1CCN([S+](=O)([O-])c2ccc(Cl)nc2)C(=O)C1. The lowest BCUT2D eigenvalue weighted by molar-refractivity contribution is -0.129. The van der Waals surface area contributed by atoms with Crippen LogP contribution < -0.4 is 9.47 Å². The van der Waals surface area contributed by atoms with E-state index in [9.17, 15) is 18.4 Å². The Morgan fingerprint density at radius 1 is 1.18 bits per heavy atom. The van der Waals surface area contributed by atoms with Gasteiger partial charge in [0.05, 0.1) is 12.7 Å². The number of halogens is 1. The lowest BCUT2D eigenvalue weighted by Gasteiger charge is -2.35. The first-order valence-corrected chi connectivity index (χ1v) is 10.0. The first kappa shape index (κ1) is 18.7. The highest BCUT2D eigenvalue weighted by atomic mass is 35.5. The van der Waals surface area contributed by atoms with E-state index < -0.39 is 22.2 Å². The summed E-state index contributed by atoms with van der Waals surface area (Å²) in [4.78, 5) is 30.1. The molecule has 0 bridgehead atoms. The molecular formula is C17H14ClN3O6S. The summed E-state index contributed by atoms with van der Waals surface area (Å²) < 4.78 is 36.6. The van der Waals surface area contributed by atoms with Crippen LogP contribution in [0.5, 0.6) is 11.5 Å². The minimum Gasteiger partial charge on any atom is -0.588 e. The highest BCUT2D eigenvalue weighted by molar-refractivity contribution is 7.96. The first-order chi connectivity index (χ1) is 13.4. The van der Waals surface area contributed by atoms with E-state index in [0.717, 1.165) is 10.5 Å². The summed E-state index contributed by atoms with van der Waals surface area (Å²) >= 11 is 5.68. The molecule has 3 heterocycles. The second-order valence-electron chi connectivity index (χ2n) is 6.08. The molecule has 0 radical (unpaired) electrons. The van der Waals surface area contributed by atoms with Crippen LogP contribution in [0.2, 0.25) is 5.15 Å². The second kappa shape index (κ2) is 7.04. The number of ether oxygens (including phenoxy) is 2. The number of amides is 2. The molecule has 11 heteroatoms. The molecule has 1 unspecified atom stereocenters. The van der Waals surface area contributed by atoms with E-state index in [1.54, 1.807) is 12.1 Å². The molecule has 0 N–H and O–H groups in total. The summed E-state index contributed by atoms with van der Waals surface area (Å²) in [6.07, 6.45) is 1.09. The van der Waals surface area contributed by atoms with Crippen molar-refractivity contribution in [2.45, 2.75) is 4.90 Å². The van der Waals surface area contributed by atoms with E-state index in [2.05, 4.69) is 4.98 Å². The van der Waals surface area contributed by atoms with Gasteiger partial charge in [-0.3, -0.25) is 9.59 Å². The van der Waals surface area contributed by atoms with E-state index in [1.807, 2.05) is 0 Å². The molecule has 4 rings (SSSR count). The molecule has 2 aliphatic heterocycles. The number of carbonyl (C=O) groups is 2. The smallest absolute Gasteiger partial charge is 0.283 e. The Balaban J connectivity index is 1.49. The van der Waals surface area contributed by atoms with Gasteiger partial charge in [-0.1, -0.05) is 15.8 Å². The van der Waals surface area contributed by atoms with Crippen molar-refractivity contribution in [2.24, 2.45) is 0 Å². The van der Waals surface area contributed by atoms with Crippen molar-refractivity contribution in [1.82, 2.24) is 14.2 Å². The highest BCUT2D eigenvalue weighted by Crippen LogP contribution is 2.33. The van der Waals surface area contributed by atoms with E-state index in [1.165, 1.54) is 23.1 Å². The maximum atomic E-state index is 12.7. The molecule has 1 fully saturated rings. The third-order valence-electron chi connectivity index (χ3n) is 4.37. The summed E-state index contributed by atoms with van der Waals surface area (Å²) in [5, 5.41) is 0.143. The fourth-order valence-electron chi connectivity index (χ4n) is 2.94. The minimum atomic E-state index is -4.06. The predicted octanol–water partition coefficient (Wildman–Crippen LogP) is 1.35. The van der Waals surface area contributed by atoms with E-state index in [4.69, 9.17) is 21.1 Å². The number of piperazine rings is 1. The predicted molar refractivity (Wildman–Crippen MR) is 96.5 cm³/mol. The van der Waals surface area contributed by atoms with Crippen molar-refractivity contribution in [3.63, 3.8) is 0 Å². The lowest BCUT2D eigenvalue weighted by atomic mass is 10.1. The molecule has 9 nitrogen and oxygen atoms in total. The fraction of sp³-hybridized carbons (Fsp3) is 0.235. The number of hydrogen-bond donors (Lipinski definition) is 0. The first-order valence-electron chi connectivity index (χ1n) is 8.22. The Labute approximate surface area is 166 Å². The van der Waals surface area contributed by atoms with Gasteiger partial charge in [0, 0.05) is 12.1 Å². The summed E-state index contributed by atoms with van der Waals surface area (Å²) in [6.45, 7) is -0.353. The Bertz CT molecular complexity index is 999. The molecule has 28 heavy (non-hydrogen) atoms. The van der Waals surface area contributed by atoms with Gasteiger partial charge in [-0.25, -0.2) is 4.98 Å². The average Bonchev–Trinajstić information content (AvgIpc) is 3.15. The number of rotatable bonds is 3. The normalized spacial score (nSPS) is 18.1. The lowest BCUT2D eigenvalue weighted by Crippen LogP contribution is -2.55. The van der Waals surface area contributed by atoms with Crippen molar-refractivity contribution in [3.8, 4) is 11.5 Å². The zero-order valence-corrected chi connectivity index (χ0v) is 15.9. The molecular weight excluding hydrogens is 410 g/mol. The fourth-order valence-corrected chi connectivity index (χ4v) is 4.38. The topological polar surface area (TPSA) is 112 Å². The minimum absolute atomic E-state index is 0.0687. The van der Waals surface area contributed by atoms with Crippen LogP contribution in [-0.4, -0.2) is 57.0 Å². The Kier molecular flexibility index (Phi) is 4.69. The molecule has 2 aliphatic rings. The molecule has 0 spiro atoms. The summed E-state index contributed by atoms with van der Waals surface area (Å²) in [7, 11) is -4.06. The van der Waals surface area contributed by atoms with E-state index in [0.29, 0.717) is 17.1 Å². The van der Waals surface area contributed by atoms with Crippen molar-refractivity contribution in [1.29, 1.82) is 0 Å². The molecule has 1 aromatic carbocycles. The maximum Gasteiger partial charge on any atom is 0.283 e. The van der Waals surface area contributed by atoms with Gasteiger partial charge in [0.1, 0.15) is 11.7 Å². The molecule has 1 atom stereocenters. The Morgan fingerprint density at radius 2 is 1.96 bits per heavy atom. The number of benzene rings is 1. The Morgan fingerprint density at radius 3 is 2.68 bits per heavy atom. The molecule has 0 aliphatic carbocycles. The summed E-state index contributed by atoms with van der Waals surface area (Å²) in [5.74, 6) is -0.0964. The number of nitrogens with zero attached hydrogens (tertiary/aromatic N) is 3. The number of pyridine rings is 1. The molecule has 1 aromatic heterocycles. The third kappa shape index (κ3) is 3.30. The summed E-state index contributed by atoms with van der Waals surface area (Å²) in [6, 6.07) is 7.34. The number of aromatic nitrogens is 1. The van der Waals surface area contributed by atoms with Gasteiger partial charge < -0.3 is 18.9 Å². The van der Waals surface area contributed by atoms with Crippen molar-refractivity contribution < 1.29 is 27.8 Å². The zero-order valence-electron chi connectivity index (χ0n) is 14.4. The van der Waals surface area contributed by atoms with Crippen LogP contribution in [0.3, 0.4) is 0 Å². The highest BCUT2D eigenvalue weighted by Gasteiger charge is 2.40. The number of sulfonamides is 1. The summed E-state index contributed by atoms with van der Waals surface area (Å²) in [5.41, 5.74) is 0.329. The van der Waals surface area contributed by atoms with Gasteiger partial charge in [0.15, 0.2) is 26.8 Å². The van der Waals surface area contributed by atoms with Gasteiger partial charge >= 0.3 is 0 Å². The number of hydrogen-bond acceptors (Lipinski definition) is 7. The van der Waals surface area contributed by atoms with Gasteiger partial charge in [0.25, 0.3) is 11.8 Å². The zero-order chi connectivity index (χ0) is 19.9. The van der Waals surface area contributed by atoms with Gasteiger partial charge in [0.2, 0.25) is 6.79 Å². The Hall–Kier alpha value is -2.69. The van der Waals surface area contributed by atoms with E-state index in [-0.39, 0.29) is 36.5 Å².